The van der Waals surface area contributed by atoms with Gasteiger partial charge in [-0.1, -0.05) is 35.5 Å². The SMILES string of the molecule is Cc1cc(C(C)(C)N=O)ccc1-c1ccc2cc(NC(=O)C3CC3)ncc2c1. The molecule has 0 saturated heterocycles. The van der Waals surface area contributed by atoms with Crippen LogP contribution in [0.1, 0.15) is 37.8 Å². The van der Waals surface area contributed by atoms with Gasteiger partial charge in [-0.25, -0.2) is 4.98 Å². The fraction of sp³-hybridized carbons (Fsp3) is 0.304. The number of hydrogen-bond acceptors (Lipinski definition) is 4. The van der Waals surface area contributed by atoms with Crippen LogP contribution in [0.15, 0.2) is 53.8 Å². The number of hydrogen-bond donors (Lipinski definition) is 1. The molecule has 5 nitrogen and oxygen atoms in total. The summed E-state index contributed by atoms with van der Waals surface area (Å²) in [7, 11) is 0. The van der Waals surface area contributed by atoms with Crippen LogP contribution in [0.4, 0.5) is 5.82 Å². The Morgan fingerprint density at radius 1 is 1.11 bits per heavy atom. The monoisotopic (exact) mass is 373 g/mol. The number of aryl methyl sites for hydroxylation is 1. The molecule has 2 aromatic carbocycles. The largest absolute Gasteiger partial charge is 0.310 e. The molecule has 0 atom stereocenters. The Kier molecular flexibility index (Phi) is 4.46. The standard InChI is InChI=1S/C23H23N3O2/c1-14-10-19(23(2,3)26-28)8-9-20(14)17-7-6-16-12-21(24-13-18(16)11-17)25-22(27)15-4-5-15/h6-13,15H,4-5H2,1-3H3,(H,24,25,27). The number of aromatic nitrogens is 1. The molecule has 1 saturated carbocycles. The zero-order valence-corrected chi connectivity index (χ0v) is 16.3. The van der Waals surface area contributed by atoms with Crippen LogP contribution in [0.25, 0.3) is 21.9 Å². The first-order valence-electron chi connectivity index (χ1n) is 9.54. The van der Waals surface area contributed by atoms with Gasteiger partial charge in [-0.2, -0.15) is 0 Å². The van der Waals surface area contributed by atoms with Gasteiger partial charge in [0.15, 0.2) is 0 Å². The van der Waals surface area contributed by atoms with Gasteiger partial charge in [0, 0.05) is 17.5 Å². The van der Waals surface area contributed by atoms with Crippen LogP contribution in [0, 0.1) is 17.7 Å². The quantitative estimate of drug-likeness (QED) is 0.595. The van der Waals surface area contributed by atoms with Gasteiger partial charge in [-0.3, -0.25) is 4.79 Å². The van der Waals surface area contributed by atoms with Crippen molar-refractivity contribution in [3.8, 4) is 11.1 Å². The number of nitrogens with one attached hydrogen (secondary N) is 1. The van der Waals surface area contributed by atoms with E-state index in [1.165, 1.54) is 0 Å². The van der Waals surface area contributed by atoms with Crippen molar-refractivity contribution in [1.82, 2.24) is 4.98 Å². The normalized spacial score (nSPS) is 14.1. The molecule has 28 heavy (non-hydrogen) atoms. The van der Waals surface area contributed by atoms with Crippen LogP contribution in [0.2, 0.25) is 0 Å². The second-order valence-electron chi connectivity index (χ2n) is 8.08. The summed E-state index contributed by atoms with van der Waals surface area (Å²) in [6.07, 6.45) is 3.74. The average molecular weight is 373 g/mol. The minimum absolute atomic E-state index is 0.0620. The molecule has 4 rings (SSSR count). The van der Waals surface area contributed by atoms with E-state index in [4.69, 9.17) is 0 Å². The molecular formula is C23H23N3O2. The maximum Gasteiger partial charge on any atom is 0.228 e. The lowest BCUT2D eigenvalue weighted by Gasteiger charge is -2.18. The first-order chi connectivity index (χ1) is 13.4. The van der Waals surface area contributed by atoms with E-state index in [0.29, 0.717) is 5.82 Å². The number of carbonyl (C=O) groups excluding carboxylic acids is 1. The van der Waals surface area contributed by atoms with E-state index >= 15 is 0 Å². The number of benzene rings is 2. The number of pyridine rings is 1. The number of nitroso groups, excluding NO2 is 1. The van der Waals surface area contributed by atoms with Gasteiger partial charge in [0.2, 0.25) is 5.91 Å². The van der Waals surface area contributed by atoms with Gasteiger partial charge >= 0.3 is 0 Å². The Morgan fingerprint density at radius 2 is 1.89 bits per heavy atom. The molecule has 1 heterocycles. The fourth-order valence-electron chi connectivity index (χ4n) is 3.37. The van der Waals surface area contributed by atoms with Crippen molar-refractivity contribution in [3.05, 3.63) is 64.7 Å². The molecule has 0 aliphatic heterocycles. The molecule has 0 unspecified atom stereocenters. The second kappa shape index (κ2) is 6.82. The molecule has 1 amide bonds. The molecule has 1 aliphatic rings. The lowest BCUT2D eigenvalue weighted by molar-refractivity contribution is -0.117. The molecule has 0 bridgehead atoms. The molecule has 0 spiro atoms. The molecule has 1 N–H and O–H groups in total. The first kappa shape index (κ1) is 18.3. The number of fused-ring (bicyclic) bond motifs is 1. The third-order valence-corrected chi connectivity index (χ3v) is 5.39. The number of amides is 1. The van der Waals surface area contributed by atoms with Crippen molar-refractivity contribution < 1.29 is 4.79 Å². The second-order valence-corrected chi connectivity index (χ2v) is 8.08. The highest BCUT2D eigenvalue weighted by molar-refractivity contribution is 5.96. The van der Waals surface area contributed by atoms with E-state index in [2.05, 4.69) is 27.6 Å². The third-order valence-electron chi connectivity index (χ3n) is 5.39. The topological polar surface area (TPSA) is 71.4 Å². The van der Waals surface area contributed by atoms with Crippen LogP contribution in [-0.4, -0.2) is 10.9 Å². The van der Waals surface area contributed by atoms with E-state index in [1.807, 2.05) is 51.1 Å². The number of rotatable bonds is 5. The first-order valence-corrected chi connectivity index (χ1v) is 9.54. The lowest BCUT2D eigenvalue weighted by atomic mass is 9.90. The summed E-state index contributed by atoms with van der Waals surface area (Å²) < 4.78 is 0. The smallest absolute Gasteiger partial charge is 0.228 e. The predicted molar refractivity (Wildman–Crippen MR) is 112 cm³/mol. The minimum atomic E-state index is -0.738. The van der Waals surface area contributed by atoms with Crippen LogP contribution in [0.3, 0.4) is 0 Å². The molecule has 1 fully saturated rings. The summed E-state index contributed by atoms with van der Waals surface area (Å²) in [5.41, 5.74) is 3.46. The fourth-order valence-corrected chi connectivity index (χ4v) is 3.37. The number of carbonyl (C=O) groups is 1. The van der Waals surface area contributed by atoms with Crippen LogP contribution in [0.5, 0.6) is 0 Å². The van der Waals surface area contributed by atoms with Crippen molar-refractivity contribution >= 4 is 22.5 Å². The Hall–Kier alpha value is -3.08. The lowest BCUT2D eigenvalue weighted by Crippen LogP contribution is -2.14. The minimum Gasteiger partial charge on any atom is -0.310 e. The zero-order valence-electron chi connectivity index (χ0n) is 16.3. The predicted octanol–water partition coefficient (Wildman–Crippen LogP) is 5.56. The van der Waals surface area contributed by atoms with Crippen molar-refractivity contribution in [1.29, 1.82) is 0 Å². The Labute approximate surface area is 164 Å². The molecular weight excluding hydrogens is 350 g/mol. The Morgan fingerprint density at radius 3 is 2.57 bits per heavy atom. The van der Waals surface area contributed by atoms with Gasteiger partial charge in [-0.05, 0) is 73.4 Å². The highest BCUT2D eigenvalue weighted by Gasteiger charge is 2.29. The van der Waals surface area contributed by atoms with Crippen molar-refractivity contribution in [3.63, 3.8) is 0 Å². The van der Waals surface area contributed by atoms with Gasteiger partial charge in [-0.15, -0.1) is 4.91 Å². The molecule has 3 aromatic rings. The average Bonchev–Trinajstić information content (AvgIpc) is 3.53. The van der Waals surface area contributed by atoms with Crippen molar-refractivity contribution in [2.75, 3.05) is 5.32 Å². The summed E-state index contributed by atoms with van der Waals surface area (Å²) in [5.74, 6) is 0.818. The molecule has 142 valence electrons. The summed E-state index contributed by atoms with van der Waals surface area (Å²) in [4.78, 5) is 27.4. The Bertz CT molecular complexity index is 1080. The maximum absolute atomic E-state index is 11.9. The van der Waals surface area contributed by atoms with Crippen LogP contribution >= 0.6 is 0 Å². The summed E-state index contributed by atoms with van der Waals surface area (Å²) in [6, 6.07) is 14.1. The highest BCUT2D eigenvalue weighted by atomic mass is 16.3. The summed E-state index contributed by atoms with van der Waals surface area (Å²) >= 11 is 0. The van der Waals surface area contributed by atoms with Crippen molar-refractivity contribution in [2.24, 2.45) is 11.1 Å². The van der Waals surface area contributed by atoms with E-state index in [1.54, 1.807) is 6.20 Å². The summed E-state index contributed by atoms with van der Waals surface area (Å²) in [6.45, 7) is 5.67. The summed E-state index contributed by atoms with van der Waals surface area (Å²) in [5, 5.41) is 8.17. The van der Waals surface area contributed by atoms with E-state index in [-0.39, 0.29) is 11.8 Å². The van der Waals surface area contributed by atoms with Gasteiger partial charge in [0.05, 0.1) is 0 Å². The van der Waals surface area contributed by atoms with Gasteiger partial charge < -0.3 is 5.32 Å². The van der Waals surface area contributed by atoms with E-state index in [9.17, 15) is 9.70 Å². The molecule has 1 aliphatic carbocycles. The van der Waals surface area contributed by atoms with E-state index in [0.717, 1.165) is 45.9 Å². The van der Waals surface area contributed by atoms with Gasteiger partial charge in [0.25, 0.3) is 0 Å². The van der Waals surface area contributed by atoms with Gasteiger partial charge in [0.1, 0.15) is 11.4 Å². The molecule has 1 aromatic heterocycles. The number of anilines is 1. The van der Waals surface area contributed by atoms with Crippen LogP contribution < -0.4 is 5.32 Å². The zero-order chi connectivity index (χ0) is 19.9. The molecule has 5 heteroatoms. The Balaban J connectivity index is 1.64. The molecule has 0 radical (unpaired) electrons. The van der Waals surface area contributed by atoms with E-state index < -0.39 is 5.54 Å². The maximum atomic E-state index is 11.9. The third kappa shape index (κ3) is 3.52. The van der Waals surface area contributed by atoms with Crippen LogP contribution in [-0.2, 0) is 10.3 Å². The highest BCUT2D eigenvalue weighted by Crippen LogP contribution is 2.33. The van der Waals surface area contributed by atoms with Crippen molar-refractivity contribution in [2.45, 2.75) is 39.2 Å². The number of nitrogens with zero attached hydrogens (tertiary/aromatic N) is 2.